The van der Waals surface area contributed by atoms with Gasteiger partial charge >= 0.3 is 11.9 Å². The average Bonchev–Trinajstić information content (AvgIpc) is 3.17. The second kappa shape index (κ2) is 11.1. The summed E-state index contributed by atoms with van der Waals surface area (Å²) in [6.45, 7) is 3.79. The lowest BCUT2D eigenvalue weighted by Crippen LogP contribution is -2.10. The molecule has 33 heavy (non-hydrogen) atoms. The molecule has 1 N–H and O–H groups in total. The number of carbonyl (C=O) groups excluding carboxylic acids is 3. The van der Waals surface area contributed by atoms with Gasteiger partial charge in [0, 0.05) is 23.3 Å². The van der Waals surface area contributed by atoms with Gasteiger partial charge in [0.2, 0.25) is 0 Å². The molecule has 2 aromatic carbocycles. The van der Waals surface area contributed by atoms with Crippen LogP contribution in [0.15, 0.2) is 66.7 Å². The summed E-state index contributed by atoms with van der Waals surface area (Å²) in [6, 6.07) is 18.4. The van der Waals surface area contributed by atoms with Crippen LogP contribution in [0.5, 0.6) is 0 Å². The highest BCUT2D eigenvalue weighted by Gasteiger charge is 2.25. The van der Waals surface area contributed by atoms with E-state index in [9.17, 15) is 14.4 Å². The molecule has 6 nitrogen and oxygen atoms in total. The van der Waals surface area contributed by atoms with E-state index < -0.39 is 5.97 Å². The van der Waals surface area contributed by atoms with Gasteiger partial charge in [-0.25, -0.2) is 4.79 Å². The average molecular weight is 446 g/mol. The first-order valence-electron chi connectivity index (χ1n) is 10.8. The summed E-state index contributed by atoms with van der Waals surface area (Å²) in [6.07, 6.45) is 1.91. The smallest absolute Gasteiger partial charge is 0.339 e. The van der Waals surface area contributed by atoms with Crippen molar-refractivity contribution in [2.75, 3.05) is 13.7 Å². The third-order valence-corrected chi connectivity index (χ3v) is 5.25. The second-order valence-corrected chi connectivity index (χ2v) is 7.43. The van der Waals surface area contributed by atoms with Crippen molar-refractivity contribution in [3.8, 4) is 0 Å². The number of aromatic nitrogens is 1. The third-order valence-electron chi connectivity index (χ3n) is 5.25. The second-order valence-electron chi connectivity index (χ2n) is 7.43. The summed E-state index contributed by atoms with van der Waals surface area (Å²) in [4.78, 5) is 41.0. The Bertz CT molecular complexity index is 1160. The maximum absolute atomic E-state index is 13.1. The van der Waals surface area contributed by atoms with Gasteiger partial charge in [0.05, 0.1) is 25.0 Å². The molecule has 6 heteroatoms. The molecule has 0 saturated carbocycles. The van der Waals surface area contributed by atoms with Crippen LogP contribution in [0.25, 0.3) is 5.57 Å². The SMILES string of the molecule is CCOC(=O)CCc1c(/C(=C/C(=O)c2ccccc2)c2ccccc2)[nH]c(C)c1C(=O)OC. The number of H-pyrrole nitrogens is 1. The molecular formula is C27H27NO5. The predicted molar refractivity (Wildman–Crippen MR) is 126 cm³/mol. The van der Waals surface area contributed by atoms with E-state index in [1.807, 2.05) is 48.5 Å². The van der Waals surface area contributed by atoms with Crippen LogP contribution in [-0.4, -0.2) is 36.4 Å². The van der Waals surface area contributed by atoms with E-state index >= 15 is 0 Å². The maximum Gasteiger partial charge on any atom is 0.339 e. The van der Waals surface area contributed by atoms with Gasteiger partial charge in [-0.05, 0) is 37.5 Å². The molecule has 0 aliphatic heterocycles. The van der Waals surface area contributed by atoms with Crippen LogP contribution in [0, 0.1) is 6.92 Å². The van der Waals surface area contributed by atoms with E-state index in [-0.39, 0.29) is 31.2 Å². The summed E-state index contributed by atoms with van der Waals surface area (Å²) in [5.41, 5.74) is 4.17. The fourth-order valence-electron chi connectivity index (χ4n) is 3.73. The summed E-state index contributed by atoms with van der Waals surface area (Å²) in [7, 11) is 1.32. The van der Waals surface area contributed by atoms with Gasteiger partial charge in [-0.2, -0.15) is 0 Å². The molecule has 0 amide bonds. The first-order valence-corrected chi connectivity index (χ1v) is 10.8. The number of ketones is 1. The number of aromatic amines is 1. The minimum atomic E-state index is -0.504. The molecule has 0 unspecified atom stereocenters. The van der Waals surface area contributed by atoms with E-state index in [1.165, 1.54) is 7.11 Å². The van der Waals surface area contributed by atoms with Crippen LogP contribution >= 0.6 is 0 Å². The monoisotopic (exact) mass is 445 g/mol. The summed E-state index contributed by atoms with van der Waals surface area (Å²) < 4.78 is 10.1. The molecule has 0 aliphatic carbocycles. The number of ether oxygens (including phenoxy) is 2. The van der Waals surface area contributed by atoms with Crippen LogP contribution in [0.1, 0.15) is 56.6 Å². The van der Waals surface area contributed by atoms with Gasteiger partial charge in [0.1, 0.15) is 0 Å². The van der Waals surface area contributed by atoms with E-state index in [2.05, 4.69) is 4.98 Å². The van der Waals surface area contributed by atoms with E-state index in [0.29, 0.717) is 33.7 Å². The molecule has 1 heterocycles. The Balaban J connectivity index is 2.17. The number of carbonyl (C=O) groups is 3. The topological polar surface area (TPSA) is 85.5 Å². The lowest BCUT2D eigenvalue weighted by molar-refractivity contribution is -0.143. The first-order chi connectivity index (χ1) is 16.0. The van der Waals surface area contributed by atoms with Crippen LogP contribution < -0.4 is 0 Å². The summed E-state index contributed by atoms with van der Waals surface area (Å²) >= 11 is 0. The van der Waals surface area contributed by atoms with Crippen LogP contribution in [-0.2, 0) is 20.7 Å². The van der Waals surface area contributed by atoms with Crippen molar-refractivity contribution >= 4 is 23.3 Å². The zero-order valence-corrected chi connectivity index (χ0v) is 19.0. The van der Waals surface area contributed by atoms with Crippen molar-refractivity contribution in [3.63, 3.8) is 0 Å². The number of nitrogens with one attached hydrogen (secondary N) is 1. The molecule has 170 valence electrons. The lowest BCUT2D eigenvalue weighted by atomic mass is 9.93. The molecule has 0 radical (unpaired) electrons. The van der Waals surface area contributed by atoms with Crippen molar-refractivity contribution in [1.29, 1.82) is 0 Å². The number of hydrogen-bond acceptors (Lipinski definition) is 5. The molecular weight excluding hydrogens is 418 g/mol. The van der Waals surface area contributed by atoms with Crippen molar-refractivity contribution in [3.05, 3.63) is 100 Å². The van der Waals surface area contributed by atoms with Gasteiger partial charge < -0.3 is 14.5 Å². The Hall–Kier alpha value is -3.93. The highest BCUT2D eigenvalue weighted by Crippen LogP contribution is 2.31. The Labute approximate surface area is 193 Å². The van der Waals surface area contributed by atoms with E-state index in [1.54, 1.807) is 32.1 Å². The molecule has 0 fully saturated rings. The van der Waals surface area contributed by atoms with Crippen LogP contribution in [0.3, 0.4) is 0 Å². The van der Waals surface area contributed by atoms with Gasteiger partial charge in [-0.15, -0.1) is 0 Å². The maximum atomic E-state index is 13.1. The Kier molecular flexibility index (Phi) is 7.97. The van der Waals surface area contributed by atoms with Crippen molar-refractivity contribution in [1.82, 2.24) is 4.98 Å². The summed E-state index contributed by atoms with van der Waals surface area (Å²) in [5, 5.41) is 0. The van der Waals surface area contributed by atoms with E-state index in [0.717, 1.165) is 5.56 Å². The number of esters is 2. The van der Waals surface area contributed by atoms with Gasteiger partial charge in [-0.3, -0.25) is 9.59 Å². The number of methoxy groups -OCH3 is 1. The van der Waals surface area contributed by atoms with Crippen molar-refractivity contribution < 1.29 is 23.9 Å². The van der Waals surface area contributed by atoms with Gasteiger partial charge in [-0.1, -0.05) is 60.7 Å². The van der Waals surface area contributed by atoms with Crippen LogP contribution in [0.2, 0.25) is 0 Å². The van der Waals surface area contributed by atoms with Crippen LogP contribution in [0.4, 0.5) is 0 Å². The Morgan fingerprint density at radius 3 is 2.12 bits per heavy atom. The normalized spacial score (nSPS) is 11.2. The zero-order valence-electron chi connectivity index (χ0n) is 19.0. The molecule has 0 bridgehead atoms. The molecule has 3 rings (SSSR count). The fourth-order valence-corrected chi connectivity index (χ4v) is 3.73. The minimum absolute atomic E-state index is 0.0941. The van der Waals surface area contributed by atoms with Crippen molar-refractivity contribution in [2.24, 2.45) is 0 Å². The molecule has 3 aromatic rings. The largest absolute Gasteiger partial charge is 0.466 e. The first kappa shape index (κ1) is 23.7. The Morgan fingerprint density at radius 2 is 1.55 bits per heavy atom. The molecule has 0 saturated heterocycles. The summed E-state index contributed by atoms with van der Waals surface area (Å²) in [5.74, 6) is -1.03. The minimum Gasteiger partial charge on any atom is -0.466 e. The third kappa shape index (κ3) is 5.66. The highest BCUT2D eigenvalue weighted by molar-refractivity contribution is 6.10. The molecule has 0 atom stereocenters. The number of benzene rings is 2. The lowest BCUT2D eigenvalue weighted by Gasteiger charge is -2.11. The number of rotatable bonds is 9. The number of allylic oxidation sites excluding steroid dienone is 1. The van der Waals surface area contributed by atoms with E-state index in [4.69, 9.17) is 9.47 Å². The number of hydrogen-bond donors (Lipinski definition) is 1. The van der Waals surface area contributed by atoms with Crippen molar-refractivity contribution in [2.45, 2.75) is 26.7 Å². The molecule has 0 spiro atoms. The molecule has 1 aromatic heterocycles. The van der Waals surface area contributed by atoms with Gasteiger partial charge in [0.25, 0.3) is 0 Å². The standard InChI is InChI=1S/C27H27NO5/c1-4-33-24(30)16-15-21-25(27(31)32-3)18(2)28-26(21)22(19-11-7-5-8-12-19)17-23(29)20-13-9-6-10-14-20/h5-14,17,28H,4,15-16H2,1-3H3/b22-17+. The highest BCUT2D eigenvalue weighted by atomic mass is 16.5. The molecule has 0 aliphatic rings. The quantitative estimate of drug-likeness (QED) is 0.287. The predicted octanol–water partition coefficient (Wildman–Crippen LogP) is 4.92. The Morgan fingerprint density at radius 1 is 0.939 bits per heavy atom. The van der Waals surface area contributed by atoms with Gasteiger partial charge in [0.15, 0.2) is 5.78 Å². The number of aryl methyl sites for hydroxylation is 1. The zero-order chi connectivity index (χ0) is 23.8. The fraction of sp³-hybridized carbons (Fsp3) is 0.222.